The first-order valence-corrected chi connectivity index (χ1v) is 8.67. The molecule has 0 radical (unpaired) electrons. The molecule has 0 spiro atoms. The van der Waals surface area contributed by atoms with Crippen LogP contribution in [-0.4, -0.2) is 4.21 Å². The molecule has 1 atom stereocenters. The molecule has 2 nitrogen and oxygen atoms in total. The van der Waals surface area contributed by atoms with E-state index in [9.17, 15) is 56.9 Å². The summed E-state index contributed by atoms with van der Waals surface area (Å²) in [4.78, 5) is -3.63. The molecule has 0 aliphatic carbocycles. The van der Waals surface area contributed by atoms with Crippen molar-refractivity contribution in [1.82, 2.24) is 0 Å². The minimum Gasteiger partial charge on any atom is -0.399 e. The summed E-state index contributed by atoms with van der Waals surface area (Å²) < 4.78 is 170. The predicted octanol–water partition coefficient (Wildman–Crippen LogP) is 6.51. The zero-order chi connectivity index (χ0) is 24.2. The predicted molar refractivity (Wildman–Crippen MR) is 82.0 cm³/mol. The Bertz CT molecular complexity index is 950. The van der Waals surface area contributed by atoms with Crippen LogP contribution in [0.2, 0.25) is 0 Å². The van der Waals surface area contributed by atoms with Crippen LogP contribution in [0.5, 0.6) is 0 Å². The van der Waals surface area contributed by atoms with Gasteiger partial charge in [0.15, 0.2) is 0 Å². The molecule has 0 bridgehead atoms. The first-order chi connectivity index (χ1) is 13.7. The SMILES string of the molecule is Nc1cc(C(F)(F)F)c(S(=O)c2cc(C(F)(F)F)cc(C(F)(F)F)c2)c(C(F)(F)F)c1. The van der Waals surface area contributed by atoms with Crippen molar-refractivity contribution in [3.05, 3.63) is 52.6 Å². The van der Waals surface area contributed by atoms with Gasteiger partial charge in [-0.3, -0.25) is 0 Å². The molecule has 0 aliphatic rings. The van der Waals surface area contributed by atoms with Crippen LogP contribution >= 0.6 is 0 Å². The first-order valence-electron chi connectivity index (χ1n) is 7.52. The molecule has 0 heterocycles. The standard InChI is InChI=1S/C16H7F12NOS/c17-13(18,19)6-1-7(14(20,21)22)3-9(2-6)31(30)12-10(15(23,24)25)4-8(29)5-11(12)16(26,27)28/h1-5H,29H2. The van der Waals surface area contributed by atoms with Crippen LogP contribution in [-0.2, 0) is 35.5 Å². The van der Waals surface area contributed by atoms with Crippen LogP contribution in [0.15, 0.2) is 40.1 Å². The number of anilines is 1. The maximum absolute atomic E-state index is 13.3. The Morgan fingerprint density at radius 2 is 0.935 bits per heavy atom. The van der Waals surface area contributed by atoms with Gasteiger partial charge in [0.05, 0.1) is 37.9 Å². The third kappa shape index (κ3) is 5.43. The summed E-state index contributed by atoms with van der Waals surface area (Å²) in [7, 11) is -3.76. The number of nitrogen functional groups attached to an aromatic ring is 1. The Hall–Kier alpha value is -2.45. The Kier molecular flexibility index (Phi) is 6.08. The van der Waals surface area contributed by atoms with E-state index < -0.39 is 79.3 Å². The number of hydrogen-bond donors (Lipinski definition) is 1. The maximum Gasteiger partial charge on any atom is 0.417 e. The normalized spacial score (nSPS) is 14.6. The minimum atomic E-state index is -5.62. The highest BCUT2D eigenvalue weighted by atomic mass is 32.2. The quantitative estimate of drug-likeness (QED) is 0.386. The fourth-order valence-corrected chi connectivity index (χ4v) is 3.88. The summed E-state index contributed by atoms with van der Waals surface area (Å²) in [5.41, 5.74) is -4.61. The Morgan fingerprint density at radius 3 is 1.23 bits per heavy atom. The Morgan fingerprint density at radius 1 is 0.581 bits per heavy atom. The van der Waals surface area contributed by atoms with Crippen LogP contribution in [0.1, 0.15) is 22.3 Å². The van der Waals surface area contributed by atoms with Gasteiger partial charge in [-0.1, -0.05) is 0 Å². The maximum atomic E-state index is 13.3. The highest BCUT2D eigenvalue weighted by molar-refractivity contribution is 7.85. The lowest BCUT2D eigenvalue weighted by atomic mass is 10.1. The topological polar surface area (TPSA) is 43.1 Å². The summed E-state index contributed by atoms with van der Waals surface area (Å²) >= 11 is 0. The van der Waals surface area contributed by atoms with E-state index in [1.54, 1.807) is 0 Å². The Balaban J connectivity index is 2.92. The molecule has 0 saturated carbocycles. The third-order valence-electron chi connectivity index (χ3n) is 3.68. The summed E-state index contributed by atoms with van der Waals surface area (Å²) in [5.74, 6) is 0. The first kappa shape index (κ1) is 24.8. The molecule has 31 heavy (non-hydrogen) atoms. The molecule has 1 unspecified atom stereocenters. The summed E-state index contributed by atoms with van der Waals surface area (Å²) in [6.45, 7) is 0. The molecule has 2 N–H and O–H groups in total. The zero-order valence-electron chi connectivity index (χ0n) is 14.3. The van der Waals surface area contributed by atoms with Crippen molar-refractivity contribution in [2.45, 2.75) is 34.5 Å². The van der Waals surface area contributed by atoms with E-state index in [-0.39, 0.29) is 24.3 Å². The molecule has 0 aliphatic heterocycles. The van der Waals surface area contributed by atoms with Crippen molar-refractivity contribution < 1.29 is 56.9 Å². The van der Waals surface area contributed by atoms with Gasteiger partial charge in [-0.15, -0.1) is 0 Å². The average Bonchev–Trinajstić information content (AvgIpc) is 2.57. The zero-order valence-corrected chi connectivity index (χ0v) is 15.1. The number of halogens is 12. The molecule has 2 rings (SSSR count). The van der Waals surface area contributed by atoms with Crippen LogP contribution in [0.4, 0.5) is 58.4 Å². The molecule has 2 aromatic rings. The van der Waals surface area contributed by atoms with Crippen molar-refractivity contribution in [3.63, 3.8) is 0 Å². The molecule has 0 saturated heterocycles. The van der Waals surface area contributed by atoms with Gasteiger partial charge >= 0.3 is 24.7 Å². The lowest BCUT2D eigenvalue weighted by Crippen LogP contribution is -2.19. The van der Waals surface area contributed by atoms with Crippen molar-refractivity contribution in [1.29, 1.82) is 0 Å². The minimum absolute atomic E-state index is 0.0548. The number of benzene rings is 2. The van der Waals surface area contributed by atoms with E-state index >= 15 is 0 Å². The van der Waals surface area contributed by atoms with Crippen LogP contribution < -0.4 is 5.73 Å². The molecule has 0 fully saturated rings. The van der Waals surface area contributed by atoms with Gasteiger partial charge in [-0.05, 0) is 30.3 Å². The van der Waals surface area contributed by atoms with Gasteiger partial charge in [0, 0.05) is 10.6 Å². The second kappa shape index (κ2) is 7.60. The number of alkyl halides is 12. The highest BCUT2D eigenvalue weighted by Gasteiger charge is 2.44. The van der Waals surface area contributed by atoms with Crippen LogP contribution in [0, 0.1) is 0 Å². The number of nitrogens with two attached hydrogens (primary N) is 1. The Labute approximate surface area is 167 Å². The molecule has 15 heteroatoms. The van der Waals surface area contributed by atoms with Crippen LogP contribution in [0.3, 0.4) is 0 Å². The second-order valence-corrected chi connectivity index (χ2v) is 7.37. The summed E-state index contributed by atoms with van der Waals surface area (Å²) in [5, 5.41) is 0. The van der Waals surface area contributed by atoms with Crippen molar-refractivity contribution in [3.8, 4) is 0 Å². The van der Waals surface area contributed by atoms with Crippen molar-refractivity contribution in [2.24, 2.45) is 0 Å². The molecular formula is C16H7F12NOS. The summed E-state index contributed by atoms with van der Waals surface area (Å²) in [6, 6.07) is -0.968. The van der Waals surface area contributed by atoms with Gasteiger partial charge in [0.1, 0.15) is 0 Å². The highest BCUT2D eigenvalue weighted by Crippen LogP contribution is 2.45. The fourth-order valence-electron chi connectivity index (χ4n) is 2.42. The molecule has 172 valence electrons. The van der Waals surface area contributed by atoms with E-state index in [4.69, 9.17) is 5.73 Å². The smallest absolute Gasteiger partial charge is 0.399 e. The van der Waals surface area contributed by atoms with Crippen molar-refractivity contribution in [2.75, 3.05) is 5.73 Å². The monoisotopic (exact) mass is 489 g/mol. The largest absolute Gasteiger partial charge is 0.417 e. The average molecular weight is 489 g/mol. The lowest BCUT2D eigenvalue weighted by Gasteiger charge is -2.20. The molecule has 0 aromatic heterocycles. The molecule has 2 aromatic carbocycles. The van der Waals surface area contributed by atoms with Gasteiger partial charge in [-0.25, -0.2) is 4.21 Å². The van der Waals surface area contributed by atoms with E-state index in [2.05, 4.69) is 0 Å². The molecular weight excluding hydrogens is 482 g/mol. The van der Waals surface area contributed by atoms with Crippen molar-refractivity contribution >= 4 is 16.5 Å². The number of hydrogen-bond acceptors (Lipinski definition) is 2. The third-order valence-corrected chi connectivity index (χ3v) is 5.16. The fraction of sp³-hybridized carbons (Fsp3) is 0.250. The number of rotatable bonds is 2. The van der Waals surface area contributed by atoms with Gasteiger partial charge in [0.2, 0.25) is 0 Å². The van der Waals surface area contributed by atoms with Gasteiger partial charge in [-0.2, -0.15) is 52.7 Å². The molecule has 0 amide bonds. The van der Waals surface area contributed by atoms with E-state index in [1.165, 1.54) is 0 Å². The van der Waals surface area contributed by atoms with Gasteiger partial charge < -0.3 is 5.73 Å². The van der Waals surface area contributed by atoms with E-state index in [1.807, 2.05) is 0 Å². The lowest BCUT2D eigenvalue weighted by molar-refractivity contribution is -0.148. The summed E-state index contributed by atoms with van der Waals surface area (Å²) in [6.07, 6.45) is -22.2. The van der Waals surface area contributed by atoms with E-state index in [0.29, 0.717) is 0 Å². The second-order valence-electron chi connectivity index (χ2n) is 5.95. The van der Waals surface area contributed by atoms with Crippen LogP contribution in [0.25, 0.3) is 0 Å². The van der Waals surface area contributed by atoms with E-state index in [0.717, 1.165) is 0 Å². The van der Waals surface area contributed by atoms with Gasteiger partial charge in [0.25, 0.3) is 0 Å².